The first-order valence-corrected chi connectivity index (χ1v) is 6.48. The summed E-state index contributed by atoms with van der Waals surface area (Å²) in [6.07, 6.45) is 4.36. The molecule has 0 amide bonds. The first kappa shape index (κ1) is 14.1. The van der Waals surface area contributed by atoms with Crippen molar-refractivity contribution in [1.29, 1.82) is 0 Å². The lowest BCUT2D eigenvalue weighted by atomic mass is 10.2. The number of aromatic nitrogens is 1. The fraction of sp³-hybridized carbons (Fsp3) is 0.250. The molecule has 104 valence electrons. The third-order valence-electron chi connectivity index (χ3n) is 2.73. The van der Waals surface area contributed by atoms with Gasteiger partial charge in [0.2, 0.25) is 0 Å². The number of carbonyl (C=O) groups excluding carboxylic acids is 1. The third kappa shape index (κ3) is 3.57. The molecule has 1 aromatic carbocycles. The van der Waals surface area contributed by atoms with Crippen LogP contribution < -0.4 is 9.47 Å². The van der Waals surface area contributed by atoms with Crippen molar-refractivity contribution in [3.63, 3.8) is 0 Å². The molecule has 0 saturated carbocycles. The number of rotatable bonds is 6. The summed E-state index contributed by atoms with van der Waals surface area (Å²) >= 11 is 0. The van der Waals surface area contributed by atoms with Gasteiger partial charge >= 0.3 is 0 Å². The molecule has 4 nitrogen and oxygen atoms in total. The van der Waals surface area contributed by atoms with Crippen LogP contribution in [-0.4, -0.2) is 17.9 Å². The highest BCUT2D eigenvalue weighted by molar-refractivity contribution is 5.76. The Balaban J connectivity index is 2.14. The van der Waals surface area contributed by atoms with Crippen LogP contribution in [0.25, 0.3) is 0 Å². The molecule has 0 bridgehead atoms. The van der Waals surface area contributed by atoms with Crippen molar-refractivity contribution >= 4 is 6.29 Å². The minimum Gasteiger partial charge on any atom is -0.490 e. The Morgan fingerprint density at radius 1 is 1.15 bits per heavy atom. The van der Waals surface area contributed by atoms with Gasteiger partial charge in [-0.05, 0) is 43.7 Å². The smallest absolute Gasteiger partial charge is 0.161 e. The summed E-state index contributed by atoms with van der Waals surface area (Å²) in [5.74, 6) is 1.21. The molecule has 4 heteroatoms. The van der Waals surface area contributed by atoms with Crippen molar-refractivity contribution in [3.8, 4) is 11.5 Å². The molecular weight excluding hydrogens is 254 g/mol. The molecule has 20 heavy (non-hydrogen) atoms. The predicted octanol–water partition coefficient (Wildman–Crippen LogP) is 3.18. The van der Waals surface area contributed by atoms with Crippen molar-refractivity contribution in [2.45, 2.75) is 20.5 Å². The van der Waals surface area contributed by atoms with E-state index in [0.717, 1.165) is 17.4 Å². The fourth-order valence-corrected chi connectivity index (χ4v) is 1.84. The molecule has 1 heterocycles. The summed E-state index contributed by atoms with van der Waals surface area (Å²) < 4.78 is 11.2. The van der Waals surface area contributed by atoms with Gasteiger partial charge in [-0.15, -0.1) is 0 Å². The van der Waals surface area contributed by atoms with Gasteiger partial charge in [0.05, 0.1) is 6.61 Å². The first-order valence-electron chi connectivity index (χ1n) is 6.48. The van der Waals surface area contributed by atoms with Crippen molar-refractivity contribution in [2.75, 3.05) is 6.61 Å². The number of aldehydes is 1. The van der Waals surface area contributed by atoms with Gasteiger partial charge in [-0.1, -0.05) is 0 Å². The molecule has 0 aliphatic rings. The van der Waals surface area contributed by atoms with E-state index in [-0.39, 0.29) is 0 Å². The second-order valence-corrected chi connectivity index (χ2v) is 4.42. The van der Waals surface area contributed by atoms with E-state index in [2.05, 4.69) is 4.98 Å². The summed E-state index contributed by atoms with van der Waals surface area (Å²) in [6, 6.07) is 7.16. The molecule has 0 atom stereocenters. The lowest BCUT2D eigenvalue weighted by Gasteiger charge is -2.12. The van der Waals surface area contributed by atoms with Crippen LogP contribution in [0.5, 0.6) is 11.5 Å². The maximum Gasteiger partial charge on any atom is 0.161 e. The lowest BCUT2D eigenvalue weighted by Crippen LogP contribution is -2.01. The van der Waals surface area contributed by atoms with E-state index < -0.39 is 0 Å². The molecule has 0 spiro atoms. The van der Waals surface area contributed by atoms with E-state index in [1.54, 1.807) is 30.6 Å². The Labute approximate surface area is 118 Å². The van der Waals surface area contributed by atoms with Crippen LogP contribution in [0.15, 0.2) is 36.7 Å². The van der Waals surface area contributed by atoms with Crippen LogP contribution in [0.1, 0.15) is 28.4 Å². The highest BCUT2D eigenvalue weighted by atomic mass is 16.5. The Bertz CT molecular complexity index is 596. The number of carbonyl (C=O) groups is 1. The zero-order valence-corrected chi connectivity index (χ0v) is 11.6. The number of aryl methyl sites for hydroxylation is 1. The molecule has 0 aliphatic heterocycles. The number of nitrogens with zero attached hydrogens (tertiary/aromatic N) is 1. The summed E-state index contributed by atoms with van der Waals surface area (Å²) in [5.41, 5.74) is 2.65. The molecule has 1 aromatic heterocycles. The zero-order valence-electron chi connectivity index (χ0n) is 11.6. The summed E-state index contributed by atoms with van der Waals surface area (Å²) in [4.78, 5) is 14.9. The Morgan fingerprint density at radius 2 is 2.00 bits per heavy atom. The summed E-state index contributed by atoms with van der Waals surface area (Å²) in [6.45, 7) is 4.81. The molecule has 0 fully saturated rings. The quantitative estimate of drug-likeness (QED) is 0.757. The van der Waals surface area contributed by atoms with Gasteiger partial charge in [0.25, 0.3) is 0 Å². The lowest BCUT2D eigenvalue weighted by molar-refractivity contribution is 0.112. The zero-order chi connectivity index (χ0) is 14.4. The van der Waals surface area contributed by atoms with Crippen LogP contribution in [0, 0.1) is 6.92 Å². The number of hydrogen-bond donors (Lipinski definition) is 0. The van der Waals surface area contributed by atoms with Gasteiger partial charge in [0.1, 0.15) is 12.9 Å². The predicted molar refractivity (Wildman–Crippen MR) is 76.3 cm³/mol. The molecule has 2 aromatic rings. The first-order chi connectivity index (χ1) is 9.72. The van der Waals surface area contributed by atoms with Gasteiger partial charge in [-0.3, -0.25) is 9.78 Å². The van der Waals surface area contributed by atoms with Crippen LogP contribution in [0.2, 0.25) is 0 Å². The highest BCUT2D eigenvalue weighted by Gasteiger charge is 2.07. The van der Waals surface area contributed by atoms with Crippen molar-refractivity contribution in [1.82, 2.24) is 4.98 Å². The maximum absolute atomic E-state index is 10.8. The number of benzene rings is 1. The molecule has 0 saturated heterocycles. The Morgan fingerprint density at radius 3 is 2.70 bits per heavy atom. The third-order valence-corrected chi connectivity index (χ3v) is 2.73. The maximum atomic E-state index is 10.8. The van der Waals surface area contributed by atoms with Gasteiger partial charge in [-0.2, -0.15) is 0 Å². The van der Waals surface area contributed by atoms with Gasteiger partial charge in [0, 0.05) is 23.5 Å². The topological polar surface area (TPSA) is 48.4 Å². The second kappa shape index (κ2) is 6.70. The molecule has 0 N–H and O–H groups in total. The van der Waals surface area contributed by atoms with E-state index in [0.29, 0.717) is 30.3 Å². The molecule has 0 radical (unpaired) electrons. The minimum absolute atomic E-state index is 0.412. The van der Waals surface area contributed by atoms with Gasteiger partial charge in [0.15, 0.2) is 11.5 Å². The SMILES string of the molecule is CCOc1cc(C=O)ccc1OCc1cncc(C)c1. The van der Waals surface area contributed by atoms with E-state index in [1.807, 2.05) is 19.9 Å². The number of hydrogen-bond acceptors (Lipinski definition) is 4. The largest absolute Gasteiger partial charge is 0.490 e. The second-order valence-electron chi connectivity index (χ2n) is 4.42. The van der Waals surface area contributed by atoms with Crippen LogP contribution in [-0.2, 0) is 6.61 Å². The van der Waals surface area contributed by atoms with Crippen molar-refractivity contribution in [2.24, 2.45) is 0 Å². The fourth-order valence-electron chi connectivity index (χ4n) is 1.84. The highest BCUT2D eigenvalue weighted by Crippen LogP contribution is 2.28. The van der Waals surface area contributed by atoms with Crippen molar-refractivity contribution < 1.29 is 14.3 Å². The Kier molecular flexibility index (Phi) is 4.71. The molecular formula is C16H17NO3. The van der Waals surface area contributed by atoms with Gasteiger partial charge < -0.3 is 9.47 Å². The molecule has 0 aliphatic carbocycles. The van der Waals surface area contributed by atoms with E-state index >= 15 is 0 Å². The molecule has 0 unspecified atom stereocenters. The standard InChI is InChI=1S/C16H17NO3/c1-3-19-16-7-13(10-18)4-5-15(16)20-11-14-6-12(2)8-17-9-14/h4-10H,3,11H2,1-2H3. The summed E-state index contributed by atoms with van der Waals surface area (Å²) in [5, 5.41) is 0. The average molecular weight is 271 g/mol. The average Bonchev–Trinajstić information content (AvgIpc) is 2.46. The van der Waals surface area contributed by atoms with E-state index in [9.17, 15) is 4.79 Å². The van der Waals surface area contributed by atoms with E-state index in [1.165, 1.54) is 0 Å². The van der Waals surface area contributed by atoms with Crippen LogP contribution >= 0.6 is 0 Å². The Hall–Kier alpha value is -2.36. The minimum atomic E-state index is 0.412. The summed E-state index contributed by atoms with van der Waals surface area (Å²) in [7, 11) is 0. The monoisotopic (exact) mass is 271 g/mol. The number of pyridine rings is 1. The van der Waals surface area contributed by atoms with Gasteiger partial charge in [-0.25, -0.2) is 0 Å². The van der Waals surface area contributed by atoms with Crippen molar-refractivity contribution in [3.05, 3.63) is 53.3 Å². The normalized spacial score (nSPS) is 10.1. The van der Waals surface area contributed by atoms with Crippen LogP contribution in [0.3, 0.4) is 0 Å². The van der Waals surface area contributed by atoms with E-state index in [4.69, 9.17) is 9.47 Å². The molecule has 2 rings (SSSR count). The van der Waals surface area contributed by atoms with Crippen LogP contribution in [0.4, 0.5) is 0 Å². The number of ether oxygens (including phenoxy) is 2.